The summed E-state index contributed by atoms with van der Waals surface area (Å²) < 4.78 is 0. The van der Waals surface area contributed by atoms with Crippen LogP contribution in [0.25, 0.3) is 78.9 Å². The fourth-order valence-electron chi connectivity index (χ4n) is 8.16. The highest BCUT2D eigenvalue weighted by molar-refractivity contribution is 5.91. The van der Waals surface area contributed by atoms with Crippen LogP contribution in [0.1, 0.15) is 77.6 Å². The first-order chi connectivity index (χ1) is 28.2. The van der Waals surface area contributed by atoms with Crippen molar-refractivity contribution in [1.82, 2.24) is 29.9 Å². The Kier molecular flexibility index (Phi) is 9.19. The van der Waals surface area contributed by atoms with Gasteiger partial charge in [-0.3, -0.25) is 4.98 Å². The number of hydrogen-bond acceptors (Lipinski definition) is 6. The first-order valence-corrected chi connectivity index (χ1v) is 20.3. The van der Waals surface area contributed by atoms with E-state index in [1.165, 1.54) is 33.4 Å². The zero-order valence-corrected chi connectivity index (χ0v) is 35.0. The van der Waals surface area contributed by atoms with Crippen molar-refractivity contribution in [1.29, 1.82) is 0 Å². The summed E-state index contributed by atoms with van der Waals surface area (Å²) in [4.78, 5) is 30.0. The van der Waals surface area contributed by atoms with Gasteiger partial charge in [-0.25, -0.2) is 24.9 Å². The summed E-state index contributed by atoms with van der Waals surface area (Å²) in [5, 5.41) is 0. The van der Waals surface area contributed by atoms with Crippen molar-refractivity contribution in [2.24, 2.45) is 0 Å². The molecule has 6 nitrogen and oxygen atoms in total. The third kappa shape index (κ3) is 7.14. The highest BCUT2D eigenvalue weighted by atomic mass is 15.0. The summed E-state index contributed by atoms with van der Waals surface area (Å²) in [5.41, 5.74) is 14.9. The molecule has 5 aromatic carbocycles. The van der Waals surface area contributed by atoms with E-state index in [4.69, 9.17) is 24.9 Å². The number of rotatable bonds is 6. The lowest BCUT2D eigenvalue weighted by Gasteiger charge is -2.26. The van der Waals surface area contributed by atoms with Gasteiger partial charge in [-0.1, -0.05) is 152 Å². The quantitative estimate of drug-likeness (QED) is 0.168. The molecular formula is C53H48N6. The smallest absolute Gasteiger partial charge is 0.164 e. The molecule has 0 unspecified atom stereocenters. The minimum absolute atomic E-state index is 0.0570. The van der Waals surface area contributed by atoms with Crippen LogP contribution in [-0.2, 0) is 16.2 Å². The van der Waals surface area contributed by atoms with Crippen molar-refractivity contribution in [3.8, 4) is 78.9 Å². The fourth-order valence-corrected chi connectivity index (χ4v) is 8.16. The van der Waals surface area contributed by atoms with Crippen LogP contribution >= 0.6 is 0 Å². The molecule has 0 radical (unpaired) electrons. The Labute approximate surface area is 347 Å². The van der Waals surface area contributed by atoms with E-state index in [-0.39, 0.29) is 16.2 Å². The van der Waals surface area contributed by atoms with Gasteiger partial charge >= 0.3 is 0 Å². The molecule has 0 aliphatic heterocycles. The maximum absolute atomic E-state index is 5.36. The molecule has 59 heavy (non-hydrogen) atoms. The second-order valence-corrected chi connectivity index (χ2v) is 18.2. The number of nitrogens with zero attached hydrogens (tertiary/aromatic N) is 6. The Balaban J connectivity index is 1.29. The first kappa shape index (κ1) is 37.9. The van der Waals surface area contributed by atoms with Gasteiger partial charge in [-0.2, -0.15) is 0 Å². The maximum atomic E-state index is 5.36. The van der Waals surface area contributed by atoms with Gasteiger partial charge < -0.3 is 0 Å². The van der Waals surface area contributed by atoms with Crippen molar-refractivity contribution in [3.63, 3.8) is 0 Å². The van der Waals surface area contributed by atoms with Gasteiger partial charge in [0.1, 0.15) is 0 Å². The summed E-state index contributed by atoms with van der Waals surface area (Å²) in [6.45, 7) is 18.2. The average Bonchev–Trinajstić information content (AvgIpc) is 3.49. The van der Waals surface area contributed by atoms with Crippen LogP contribution in [0, 0.1) is 0 Å². The van der Waals surface area contributed by atoms with E-state index in [1.54, 1.807) is 6.20 Å². The lowest BCUT2D eigenvalue weighted by molar-refractivity contribution is 0.569. The molecule has 3 aromatic heterocycles. The summed E-state index contributed by atoms with van der Waals surface area (Å²) >= 11 is 0. The molecule has 0 N–H and O–H groups in total. The van der Waals surface area contributed by atoms with Crippen molar-refractivity contribution < 1.29 is 0 Å². The minimum atomic E-state index is -0.163. The predicted octanol–water partition coefficient (Wildman–Crippen LogP) is 13.0. The molecule has 0 amide bonds. The van der Waals surface area contributed by atoms with Crippen LogP contribution in [0.2, 0.25) is 0 Å². The zero-order valence-electron chi connectivity index (χ0n) is 35.0. The Morgan fingerprint density at radius 3 is 1.61 bits per heavy atom. The van der Waals surface area contributed by atoms with E-state index >= 15 is 0 Å². The minimum Gasteiger partial charge on any atom is -0.264 e. The summed E-state index contributed by atoms with van der Waals surface area (Å²) in [5.74, 6) is 2.44. The summed E-state index contributed by atoms with van der Waals surface area (Å²) in [6.07, 6.45) is 7.34. The molecule has 1 aliphatic carbocycles. The fraction of sp³-hybridized carbons (Fsp3) is 0.208. The van der Waals surface area contributed by atoms with E-state index < -0.39 is 0 Å². The van der Waals surface area contributed by atoms with E-state index in [0.717, 1.165) is 44.5 Å². The summed E-state index contributed by atoms with van der Waals surface area (Å²) in [6, 6.07) is 42.9. The van der Waals surface area contributed by atoms with E-state index in [1.807, 2.05) is 48.9 Å². The zero-order chi connectivity index (χ0) is 41.1. The summed E-state index contributed by atoms with van der Waals surface area (Å²) in [7, 11) is 0. The number of aromatic nitrogens is 6. The molecule has 0 fully saturated rings. The lowest BCUT2D eigenvalue weighted by Crippen LogP contribution is -2.16. The Morgan fingerprint density at radius 1 is 0.407 bits per heavy atom. The van der Waals surface area contributed by atoms with E-state index in [2.05, 4.69) is 151 Å². The molecule has 0 bridgehead atoms. The highest BCUT2D eigenvalue weighted by Gasteiger charge is 2.37. The van der Waals surface area contributed by atoms with Gasteiger partial charge in [-0.05, 0) is 79.6 Å². The molecule has 1 aliphatic rings. The van der Waals surface area contributed by atoms with Gasteiger partial charge in [0.2, 0.25) is 0 Å². The van der Waals surface area contributed by atoms with Crippen molar-refractivity contribution >= 4 is 0 Å². The van der Waals surface area contributed by atoms with Crippen LogP contribution < -0.4 is 0 Å². The molecule has 6 heteroatoms. The van der Waals surface area contributed by atoms with Crippen LogP contribution in [0.15, 0.2) is 146 Å². The van der Waals surface area contributed by atoms with E-state index in [0.29, 0.717) is 23.3 Å². The molecule has 0 spiro atoms. The van der Waals surface area contributed by atoms with Crippen LogP contribution in [0.5, 0.6) is 0 Å². The number of fused-ring (bicyclic) bond motifs is 3. The average molecular weight is 769 g/mol. The Bertz CT molecular complexity index is 2820. The third-order valence-electron chi connectivity index (χ3n) is 11.6. The van der Waals surface area contributed by atoms with Crippen molar-refractivity contribution in [2.45, 2.75) is 71.6 Å². The third-order valence-corrected chi connectivity index (χ3v) is 11.6. The Hall–Kier alpha value is -6.66. The van der Waals surface area contributed by atoms with Crippen molar-refractivity contribution in [2.75, 3.05) is 0 Å². The van der Waals surface area contributed by atoms with Gasteiger partial charge in [-0.15, -0.1) is 0 Å². The molecule has 290 valence electrons. The maximum Gasteiger partial charge on any atom is 0.164 e. The largest absolute Gasteiger partial charge is 0.264 e. The lowest BCUT2D eigenvalue weighted by atomic mass is 9.78. The second kappa shape index (κ2) is 14.3. The number of hydrogen-bond donors (Lipinski definition) is 0. The SMILES string of the molecule is CC(C)(C)c1cc(-c2cc(-c3ncc(-c4cccnc4)cn3)cc(-c3nc(-c4ccccc4)nc(-c4cccc5c4-c4ccccc4C5(C)C)n3)c2)cc(C(C)(C)C)c1. The molecule has 0 atom stereocenters. The monoisotopic (exact) mass is 768 g/mol. The number of pyridine rings is 1. The van der Waals surface area contributed by atoms with Gasteiger partial charge in [0.25, 0.3) is 0 Å². The standard InChI is InChI=1S/C53H48N6/c1-51(2,3)40-27-36(28-41(29-40)52(4,5)6)35-24-37(47-55-31-39(32-56-47)34-18-15-23-54-30-34)26-38(25-35)49-57-48(33-16-10-9-11-17-33)58-50(59-49)43-20-14-22-45-46(43)42-19-12-13-21-44(42)53(45,7)8/h9-32H,1-8H3. The van der Waals surface area contributed by atoms with Gasteiger partial charge in [0.15, 0.2) is 23.3 Å². The highest BCUT2D eigenvalue weighted by Crippen LogP contribution is 2.51. The van der Waals surface area contributed by atoms with Gasteiger partial charge in [0.05, 0.1) is 0 Å². The van der Waals surface area contributed by atoms with Crippen LogP contribution in [-0.4, -0.2) is 29.9 Å². The molecule has 9 rings (SSSR count). The predicted molar refractivity (Wildman–Crippen MR) is 241 cm³/mol. The van der Waals surface area contributed by atoms with Crippen LogP contribution in [0.3, 0.4) is 0 Å². The molecule has 8 aromatic rings. The molecule has 0 saturated carbocycles. The second-order valence-electron chi connectivity index (χ2n) is 18.2. The number of benzene rings is 5. The normalized spacial score (nSPS) is 13.2. The first-order valence-electron chi connectivity index (χ1n) is 20.3. The molecule has 3 heterocycles. The topological polar surface area (TPSA) is 77.3 Å². The van der Waals surface area contributed by atoms with Gasteiger partial charge in [0, 0.05) is 63.6 Å². The molecule has 0 saturated heterocycles. The van der Waals surface area contributed by atoms with E-state index in [9.17, 15) is 0 Å². The molecular weight excluding hydrogens is 721 g/mol. The van der Waals surface area contributed by atoms with Crippen molar-refractivity contribution in [3.05, 3.63) is 168 Å². The Morgan fingerprint density at radius 2 is 0.949 bits per heavy atom. The van der Waals surface area contributed by atoms with Crippen LogP contribution in [0.4, 0.5) is 0 Å².